The van der Waals surface area contributed by atoms with E-state index < -0.39 is 0 Å². The molecule has 0 saturated heterocycles. The molecule has 0 heterocycles. The molecule has 5 heteroatoms. The zero-order chi connectivity index (χ0) is 12.2. The van der Waals surface area contributed by atoms with Crippen molar-refractivity contribution in [1.82, 2.24) is 0 Å². The third-order valence-corrected chi connectivity index (χ3v) is 5.52. The smallest absolute Gasteiger partial charge is 0.158 e. The molecule has 0 N–H and O–H groups in total. The Labute approximate surface area is 117 Å². The van der Waals surface area contributed by atoms with Crippen LogP contribution >= 0.6 is 55.1 Å². The number of aldehydes is 1. The quantitative estimate of drug-likeness (QED) is 0.368. The number of hydrogen-bond acceptors (Lipinski definition) is 1. The lowest BCUT2D eigenvalue weighted by molar-refractivity contribution is -0.104. The van der Waals surface area contributed by atoms with Crippen molar-refractivity contribution in [3.63, 3.8) is 0 Å². The topological polar surface area (TPSA) is 17.1 Å². The molecule has 0 amide bonds. The summed E-state index contributed by atoms with van der Waals surface area (Å²) in [6.45, 7) is 6.01. The molecular weight excluding hydrogens is 367 g/mol. The van der Waals surface area contributed by atoms with Gasteiger partial charge in [0, 0.05) is 10.4 Å². The minimum Gasteiger partial charge on any atom is -0.297 e. The summed E-state index contributed by atoms with van der Waals surface area (Å²) >= 11 is 18.5. The van der Waals surface area contributed by atoms with Gasteiger partial charge in [0.2, 0.25) is 0 Å². The van der Waals surface area contributed by atoms with Crippen molar-refractivity contribution in [3.05, 3.63) is 19.0 Å². The van der Waals surface area contributed by atoms with Gasteiger partial charge in [-0.05, 0) is 38.3 Å². The number of allylic oxidation sites excluding steroid dienone is 4. The van der Waals surface area contributed by atoms with Crippen LogP contribution in [-0.4, -0.2) is 6.29 Å². The number of hydrogen-bond donors (Lipinski definition) is 0. The molecule has 0 aliphatic heterocycles. The second-order valence-electron chi connectivity index (χ2n) is 3.65. The van der Waals surface area contributed by atoms with Crippen molar-refractivity contribution in [2.24, 2.45) is 5.41 Å². The fourth-order valence-electron chi connectivity index (χ4n) is 0.705. The van der Waals surface area contributed by atoms with Crippen molar-refractivity contribution in [1.29, 1.82) is 0 Å². The summed E-state index contributed by atoms with van der Waals surface area (Å²) in [7, 11) is 0. The van der Waals surface area contributed by atoms with E-state index in [1.165, 1.54) is 0 Å². The highest BCUT2D eigenvalue weighted by atomic mass is 79.9. The van der Waals surface area contributed by atoms with Gasteiger partial charge in [0.15, 0.2) is 6.29 Å². The van der Waals surface area contributed by atoms with Gasteiger partial charge in [0.05, 0.1) is 14.0 Å². The lowest BCUT2D eigenvalue weighted by atomic mass is 9.89. The number of carbonyl (C=O) groups is 1. The highest BCUT2D eigenvalue weighted by Crippen LogP contribution is 2.41. The Morgan fingerprint density at radius 1 is 1.33 bits per heavy atom. The van der Waals surface area contributed by atoms with Gasteiger partial charge in [-0.15, -0.1) is 0 Å². The molecule has 0 radical (unpaired) electrons. The first-order valence-electron chi connectivity index (χ1n) is 4.34. The molecule has 0 rings (SSSR count). The van der Waals surface area contributed by atoms with Gasteiger partial charge in [0.25, 0.3) is 0 Å². The van der Waals surface area contributed by atoms with Crippen LogP contribution in [0.3, 0.4) is 0 Å². The Morgan fingerprint density at radius 3 is 2.13 bits per heavy atom. The maximum absolute atomic E-state index is 10.5. The van der Waals surface area contributed by atoms with Crippen LogP contribution in [-0.2, 0) is 4.79 Å². The summed E-state index contributed by atoms with van der Waals surface area (Å²) in [4.78, 5) is 10.5. The van der Waals surface area contributed by atoms with E-state index in [9.17, 15) is 4.79 Å². The molecular formula is C10H12Br2Cl2O. The lowest BCUT2D eigenvalue weighted by Gasteiger charge is -2.23. The van der Waals surface area contributed by atoms with Gasteiger partial charge in [-0.1, -0.05) is 44.0 Å². The summed E-state index contributed by atoms with van der Waals surface area (Å²) in [5.41, 5.74) is -0.201. The molecule has 0 aliphatic rings. The second-order valence-corrected chi connectivity index (χ2v) is 6.05. The van der Waals surface area contributed by atoms with E-state index in [4.69, 9.17) is 23.2 Å². The molecule has 0 aromatic rings. The van der Waals surface area contributed by atoms with Crippen LogP contribution in [0.4, 0.5) is 0 Å². The molecule has 0 unspecified atom stereocenters. The maximum Gasteiger partial charge on any atom is 0.158 e. The van der Waals surface area contributed by atoms with Gasteiger partial charge in [0.1, 0.15) is 0 Å². The van der Waals surface area contributed by atoms with Crippen LogP contribution in [0.5, 0.6) is 0 Å². The normalized spacial score (nSPS) is 15.7. The van der Waals surface area contributed by atoms with E-state index in [0.29, 0.717) is 25.3 Å². The van der Waals surface area contributed by atoms with Crippen LogP contribution in [0.15, 0.2) is 19.0 Å². The Bertz CT molecular complexity index is 319. The molecule has 0 aromatic carbocycles. The standard InChI is InChI=1S/C10H12Br2Cl2O/c1-4-10(2,3)9(14)8(13)7(12)6(11)5-15/h5H,4H2,1-3H3/b7-6+,9-8+. The van der Waals surface area contributed by atoms with E-state index in [-0.39, 0.29) is 5.41 Å². The predicted octanol–water partition coefficient (Wildman–Crippen LogP) is 5.31. The predicted molar refractivity (Wildman–Crippen MR) is 73.7 cm³/mol. The van der Waals surface area contributed by atoms with E-state index in [1.807, 2.05) is 20.8 Å². The van der Waals surface area contributed by atoms with Crippen molar-refractivity contribution in [2.75, 3.05) is 0 Å². The maximum atomic E-state index is 10.5. The average Bonchev–Trinajstić information content (AvgIpc) is 2.24. The number of halogens is 4. The Morgan fingerprint density at radius 2 is 1.80 bits per heavy atom. The molecule has 0 aliphatic carbocycles. The van der Waals surface area contributed by atoms with E-state index in [2.05, 4.69) is 31.9 Å². The Balaban J connectivity index is 5.39. The summed E-state index contributed by atoms with van der Waals surface area (Å²) in [6, 6.07) is 0. The first-order chi connectivity index (χ1) is 6.77. The van der Waals surface area contributed by atoms with E-state index in [1.54, 1.807) is 0 Å². The van der Waals surface area contributed by atoms with Crippen LogP contribution in [0.2, 0.25) is 0 Å². The van der Waals surface area contributed by atoms with E-state index in [0.717, 1.165) is 6.42 Å². The first kappa shape index (κ1) is 15.7. The zero-order valence-electron chi connectivity index (χ0n) is 8.70. The van der Waals surface area contributed by atoms with Gasteiger partial charge in [-0.2, -0.15) is 0 Å². The summed E-state index contributed by atoms with van der Waals surface area (Å²) in [6.07, 6.45) is 1.52. The van der Waals surface area contributed by atoms with Gasteiger partial charge in [-0.25, -0.2) is 0 Å². The fourth-order valence-corrected chi connectivity index (χ4v) is 2.01. The molecule has 86 valence electrons. The molecule has 0 spiro atoms. The van der Waals surface area contributed by atoms with Crippen LogP contribution in [0.25, 0.3) is 0 Å². The van der Waals surface area contributed by atoms with Crippen molar-refractivity contribution < 1.29 is 4.79 Å². The molecule has 0 aromatic heterocycles. The van der Waals surface area contributed by atoms with Gasteiger partial charge in [-0.3, -0.25) is 4.79 Å². The highest BCUT2D eigenvalue weighted by Gasteiger charge is 2.24. The minimum atomic E-state index is -0.201. The Hall–Kier alpha value is 0.690. The molecule has 1 nitrogen and oxygen atoms in total. The first-order valence-corrected chi connectivity index (χ1v) is 6.68. The van der Waals surface area contributed by atoms with Crippen molar-refractivity contribution >= 4 is 61.3 Å². The second kappa shape index (κ2) is 6.43. The molecule has 0 atom stereocenters. The average molecular weight is 379 g/mol. The third-order valence-electron chi connectivity index (χ3n) is 2.18. The van der Waals surface area contributed by atoms with Gasteiger partial charge < -0.3 is 0 Å². The van der Waals surface area contributed by atoms with Crippen molar-refractivity contribution in [2.45, 2.75) is 27.2 Å². The number of rotatable bonds is 4. The third kappa shape index (κ3) is 4.22. The lowest BCUT2D eigenvalue weighted by Crippen LogP contribution is -2.11. The highest BCUT2D eigenvalue weighted by molar-refractivity contribution is 9.14. The van der Waals surface area contributed by atoms with Crippen molar-refractivity contribution in [3.8, 4) is 0 Å². The fraction of sp³-hybridized carbons (Fsp3) is 0.500. The summed E-state index contributed by atoms with van der Waals surface area (Å²) in [5, 5.41) is 0.903. The molecule has 0 bridgehead atoms. The van der Waals surface area contributed by atoms with Crippen LogP contribution < -0.4 is 0 Å². The molecule has 0 saturated carbocycles. The Kier molecular flexibility index (Phi) is 6.73. The van der Waals surface area contributed by atoms with Gasteiger partial charge >= 0.3 is 0 Å². The minimum absolute atomic E-state index is 0.201. The molecule has 15 heavy (non-hydrogen) atoms. The SMILES string of the molecule is CCC(C)(C)/C(Cl)=C(Cl)/C(Br)=C(\Br)C=O. The zero-order valence-corrected chi connectivity index (χ0v) is 13.4. The summed E-state index contributed by atoms with van der Waals surface area (Å²) < 4.78 is 0.822. The number of carbonyl (C=O) groups excluding carboxylic acids is 1. The largest absolute Gasteiger partial charge is 0.297 e. The van der Waals surface area contributed by atoms with Crippen LogP contribution in [0.1, 0.15) is 27.2 Å². The molecule has 0 fully saturated rings. The van der Waals surface area contributed by atoms with Crippen LogP contribution in [0, 0.1) is 5.41 Å². The monoisotopic (exact) mass is 376 g/mol. The van der Waals surface area contributed by atoms with E-state index >= 15 is 0 Å². The summed E-state index contributed by atoms with van der Waals surface area (Å²) in [5.74, 6) is 0.